The van der Waals surface area contributed by atoms with Gasteiger partial charge in [0.05, 0.1) is 4.92 Å². The summed E-state index contributed by atoms with van der Waals surface area (Å²) in [5.74, 6) is 0.268. The van der Waals surface area contributed by atoms with Crippen LogP contribution in [0.1, 0.15) is 12.8 Å². The largest absolute Gasteiger partial charge is 0.396 e. The average molecular weight is 250 g/mol. The molecule has 0 aliphatic heterocycles. The van der Waals surface area contributed by atoms with E-state index in [4.69, 9.17) is 5.11 Å². The highest BCUT2D eigenvalue weighted by atomic mass is 16.6. The summed E-state index contributed by atoms with van der Waals surface area (Å²) < 4.78 is 1.48. The van der Waals surface area contributed by atoms with Gasteiger partial charge in [-0.3, -0.25) is 10.1 Å². The summed E-state index contributed by atoms with van der Waals surface area (Å²) in [6.07, 6.45) is 3.07. The van der Waals surface area contributed by atoms with Crippen LogP contribution in [0.15, 0.2) is 24.4 Å². The molecule has 0 bridgehead atoms. The second kappa shape index (κ2) is 5.46. The van der Waals surface area contributed by atoms with E-state index in [1.165, 1.54) is 4.52 Å². The molecule has 7 heteroatoms. The van der Waals surface area contributed by atoms with Gasteiger partial charge >= 0.3 is 5.69 Å². The summed E-state index contributed by atoms with van der Waals surface area (Å²) in [5, 5.41) is 26.8. The molecule has 18 heavy (non-hydrogen) atoms. The van der Waals surface area contributed by atoms with E-state index in [0.29, 0.717) is 18.5 Å². The van der Waals surface area contributed by atoms with Gasteiger partial charge in [0.25, 0.3) is 0 Å². The van der Waals surface area contributed by atoms with E-state index in [9.17, 15) is 10.1 Å². The van der Waals surface area contributed by atoms with E-state index < -0.39 is 4.92 Å². The van der Waals surface area contributed by atoms with Crippen LogP contribution in [0.2, 0.25) is 0 Å². The van der Waals surface area contributed by atoms with Crippen molar-refractivity contribution in [2.45, 2.75) is 12.8 Å². The number of nitro groups is 1. The highest BCUT2D eigenvalue weighted by Gasteiger charge is 2.22. The molecule has 2 aromatic heterocycles. The van der Waals surface area contributed by atoms with E-state index >= 15 is 0 Å². The molecule has 0 amide bonds. The van der Waals surface area contributed by atoms with Gasteiger partial charge in [0, 0.05) is 19.3 Å². The first-order valence-electron chi connectivity index (χ1n) is 5.70. The predicted molar refractivity (Wildman–Crippen MR) is 66.7 cm³/mol. The number of nitrogens with zero attached hydrogens (tertiary/aromatic N) is 3. The molecule has 0 radical (unpaired) electrons. The monoisotopic (exact) mass is 250 g/mol. The predicted octanol–water partition coefficient (Wildman–Crippen LogP) is 1.43. The fraction of sp³-hybridized carbons (Fsp3) is 0.364. The average Bonchev–Trinajstić information content (AvgIpc) is 2.73. The van der Waals surface area contributed by atoms with Gasteiger partial charge in [-0.1, -0.05) is 6.07 Å². The Hall–Kier alpha value is -2.15. The van der Waals surface area contributed by atoms with Crippen LogP contribution < -0.4 is 5.32 Å². The van der Waals surface area contributed by atoms with Gasteiger partial charge < -0.3 is 10.4 Å². The number of nitrogens with one attached hydrogen (secondary N) is 1. The zero-order valence-electron chi connectivity index (χ0n) is 9.74. The van der Waals surface area contributed by atoms with Crippen LogP contribution in [0, 0.1) is 10.1 Å². The summed E-state index contributed by atoms with van der Waals surface area (Å²) in [6, 6.07) is 5.16. The Labute approximate surface area is 103 Å². The first-order valence-corrected chi connectivity index (χ1v) is 5.70. The second-order valence-electron chi connectivity index (χ2n) is 3.84. The number of aromatic nitrogens is 2. The van der Waals surface area contributed by atoms with E-state index in [-0.39, 0.29) is 18.1 Å². The highest BCUT2D eigenvalue weighted by molar-refractivity contribution is 5.76. The van der Waals surface area contributed by atoms with Gasteiger partial charge in [-0.2, -0.15) is 0 Å². The Kier molecular flexibility index (Phi) is 3.73. The molecule has 0 atom stereocenters. The molecule has 2 aromatic rings. The quantitative estimate of drug-likeness (QED) is 0.459. The number of hydrogen-bond donors (Lipinski definition) is 2. The van der Waals surface area contributed by atoms with Crippen molar-refractivity contribution in [1.29, 1.82) is 0 Å². The molecular formula is C11H14N4O3. The zero-order valence-corrected chi connectivity index (χ0v) is 9.74. The molecule has 0 fully saturated rings. The van der Waals surface area contributed by atoms with Crippen molar-refractivity contribution in [2.75, 3.05) is 18.5 Å². The summed E-state index contributed by atoms with van der Waals surface area (Å²) in [6.45, 7) is 0.667. The van der Waals surface area contributed by atoms with Crippen LogP contribution in [0.25, 0.3) is 5.52 Å². The summed E-state index contributed by atoms with van der Waals surface area (Å²) in [4.78, 5) is 10.6. The summed E-state index contributed by atoms with van der Waals surface area (Å²) in [7, 11) is 0. The minimum Gasteiger partial charge on any atom is -0.396 e. The maximum atomic E-state index is 11.1. The van der Waals surface area contributed by atoms with Crippen molar-refractivity contribution in [1.82, 2.24) is 9.61 Å². The Morgan fingerprint density at radius 1 is 1.44 bits per heavy atom. The Morgan fingerprint density at radius 2 is 2.28 bits per heavy atom. The lowest BCUT2D eigenvalue weighted by Crippen LogP contribution is -2.04. The molecule has 0 spiro atoms. The molecule has 0 aliphatic carbocycles. The number of anilines is 1. The smallest absolute Gasteiger partial charge is 0.338 e. The third-order valence-electron chi connectivity index (χ3n) is 2.57. The molecule has 2 N–H and O–H groups in total. The molecule has 2 heterocycles. The van der Waals surface area contributed by atoms with Crippen molar-refractivity contribution < 1.29 is 10.0 Å². The Balaban J connectivity index is 2.25. The minimum absolute atomic E-state index is 0.0143. The number of aliphatic hydroxyl groups is 1. The van der Waals surface area contributed by atoms with Crippen LogP contribution in [0.5, 0.6) is 0 Å². The Bertz CT molecular complexity index is 552. The van der Waals surface area contributed by atoms with Crippen LogP contribution in [-0.2, 0) is 0 Å². The Morgan fingerprint density at radius 3 is 3.00 bits per heavy atom. The number of aliphatic hydroxyl groups excluding tert-OH is 1. The molecule has 7 nitrogen and oxygen atoms in total. The lowest BCUT2D eigenvalue weighted by atomic mass is 10.3. The minimum atomic E-state index is -0.434. The molecule has 0 aromatic carbocycles. The zero-order chi connectivity index (χ0) is 13.0. The lowest BCUT2D eigenvalue weighted by molar-refractivity contribution is -0.382. The third kappa shape index (κ3) is 2.40. The maximum absolute atomic E-state index is 11.1. The number of hydrogen-bond acceptors (Lipinski definition) is 5. The lowest BCUT2D eigenvalue weighted by Gasteiger charge is -2.00. The van der Waals surface area contributed by atoms with Gasteiger partial charge in [-0.25, -0.2) is 4.52 Å². The van der Waals surface area contributed by atoms with Crippen LogP contribution in [0.4, 0.5) is 11.5 Å². The third-order valence-corrected chi connectivity index (χ3v) is 2.57. The normalized spacial score (nSPS) is 10.7. The fourth-order valence-corrected chi connectivity index (χ4v) is 1.73. The van der Waals surface area contributed by atoms with Crippen LogP contribution >= 0.6 is 0 Å². The number of pyridine rings is 1. The van der Waals surface area contributed by atoms with Gasteiger partial charge in [0.1, 0.15) is 5.52 Å². The standard InChI is InChI=1S/C11H14N4O3/c16-8-4-2-6-12-11-10(15(17)18)9-5-1-3-7-14(9)13-11/h1,3,5,7,16H,2,4,6,8H2,(H,12,13). The van der Waals surface area contributed by atoms with E-state index in [1.807, 2.05) is 0 Å². The first-order chi connectivity index (χ1) is 8.74. The molecule has 0 aliphatic rings. The number of unbranched alkanes of at least 4 members (excludes halogenated alkanes) is 1. The topological polar surface area (TPSA) is 92.7 Å². The van der Waals surface area contributed by atoms with Crippen molar-refractivity contribution in [2.24, 2.45) is 0 Å². The highest BCUT2D eigenvalue weighted by Crippen LogP contribution is 2.28. The first kappa shape index (κ1) is 12.3. The summed E-state index contributed by atoms with van der Waals surface area (Å²) >= 11 is 0. The van der Waals surface area contributed by atoms with Crippen molar-refractivity contribution in [3.63, 3.8) is 0 Å². The number of rotatable bonds is 6. The van der Waals surface area contributed by atoms with E-state index in [0.717, 1.165) is 6.42 Å². The molecule has 0 saturated heterocycles. The van der Waals surface area contributed by atoms with Crippen molar-refractivity contribution in [3.8, 4) is 0 Å². The van der Waals surface area contributed by atoms with Crippen molar-refractivity contribution >= 4 is 17.0 Å². The molecular weight excluding hydrogens is 236 g/mol. The van der Waals surface area contributed by atoms with Gasteiger partial charge in [0.15, 0.2) is 0 Å². The van der Waals surface area contributed by atoms with Crippen LogP contribution in [-0.4, -0.2) is 32.8 Å². The van der Waals surface area contributed by atoms with E-state index in [1.54, 1.807) is 24.4 Å². The van der Waals surface area contributed by atoms with Gasteiger partial charge in [0.2, 0.25) is 5.82 Å². The number of fused-ring (bicyclic) bond motifs is 1. The molecule has 2 rings (SSSR count). The summed E-state index contributed by atoms with van der Waals surface area (Å²) in [5.41, 5.74) is 0.451. The molecule has 0 unspecified atom stereocenters. The van der Waals surface area contributed by atoms with Crippen LogP contribution in [0.3, 0.4) is 0 Å². The SMILES string of the molecule is O=[N+]([O-])c1c(NCCCCO)nn2ccccc12. The second-order valence-corrected chi connectivity index (χ2v) is 3.84. The van der Waals surface area contributed by atoms with E-state index in [2.05, 4.69) is 10.4 Å². The fourth-order valence-electron chi connectivity index (χ4n) is 1.73. The maximum Gasteiger partial charge on any atom is 0.338 e. The molecule has 96 valence electrons. The van der Waals surface area contributed by atoms with Gasteiger partial charge in [-0.15, -0.1) is 5.10 Å². The van der Waals surface area contributed by atoms with Gasteiger partial charge in [-0.05, 0) is 25.0 Å². The van der Waals surface area contributed by atoms with Crippen molar-refractivity contribution in [3.05, 3.63) is 34.5 Å². The molecule has 0 saturated carbocycles.